The molecule has 2 aliphatic heterocycles. The lowest BCUT2D eigenvalue weighted by Gasteiger charge is -2.51. The number of nitrogens with one attached hydrogen (secondary N) is 1. The number of hydrogen-bond donors (Lipinski definition) is 2. The van der Waals surface area contributed by atoms with Crippen molar-refractivity contribution in [2.24, 2.45) is 17.8 Å². The lowest BCUT2D eigenvalue weighted by Crippen LogP contribution is -2.60. The zero-order valence-corrected chi connectivity index (χ0v) is 21.7. The number of carbonyl (C=O) groups is 4. The van der Waals surface area contributed by atoms with Gasteiger partial charge in [0.1, 0.15) is 17.2 Å². The molecule has 4 aliphatic rings. The van der Waals surface area contributed by atoms with E-state index in [0.717, 1.165) is 4.90 Å². The largest absolute Gasteiger partial charge is 0.508 e. The van der Waals surface area contributed by atoms with Gasteiger partial charge in [0, 0.05) is 23.6 Å². The first kappa shape index (κ1) is 24.4. The number of amides is 4. The van der Waals surface area contributed by atoms with Gasteiger partial charge in [-0.1, -0.05) is 27.6 Å². The number of methoxy groups -OCH3 is 2. The van der Waals surface area contributed by atoms with Gasteiger partial charge in [-0.15, -0.1) is 23.2 Å². The maximum atomic E-state index is 13.7. The first-order chi connectivity index (χ1) is 16.5. The average Bonchev–Trinajstić information content (AvgIpc) is 3.20. The molecule has 2 aliphatic carbocycles. The Bertz CT molecular complexity index is 1200. The van der Waals surface area contributed by atoms with Gasteiger partial charge in [-0.05, 0) is 18.8 Å². The minimum Gasteiger partial charge on any atom is -0.508 e. The SMILES string of the molecule is COc1cc(O)cc(OC)c1[C@H]1C2=CC[C@@H]3C(=O)NC(=O)[C@@H]3[C@@H]2C[C@@]2(Cl)C(=O)N(CBr)C(=O)[C@@]12Cl. The van der Waals surface area contributed by atoms with Crippen LogP contribution in [0.2, 0.25) is 0 Å². The van der Waals surface area contributed by atoms with Crippen LogP contribution in [0, 0.1) is 17.8 Å². The fourth-order valence-corrected chi connectivity index (χ4v) is 7.60. The number of halogens is 3. The molecule has 6 atom stereocenters. The van der Waals surface area contributed by atoms with E-state index in [4.69, 9.17) is 32.7 Å². The van der Waals surface area contributed by atoms with Crippen molar-refractivity contribution in [1.82, 2.24) is 10.2 Å². The van der Waals surface area contributed by atoms with Crippen LogP contribution in [0.4, 0.5) is 0 Å². The van der Waals surface area contributed by atoms with Crippen LogP contribution in [-0.2, 0) is 19.2 Å². The van der Waals surface area contributed by atoms with Crippen molar-refractivity contribution in [2.45, 2.75) is 28.5 Å². The van der Waals surface area contributed by atoms with E-state index in [-0.39, 0.29) is 41.5 Å². The molecule has 1 aromatic rings. The van der Waals surface area contributed by atoms with Gasteiger partial charge in [0.05, 0.1) is 31.5 Å². The topological polar surface area (TPSA) is 122 Å². The Morgan fingerprint density at radius 3 is 2.29 bits per heavy atom. The lowest BCUT2D eigenvalue weighted by molar-refractivity contribution is -0.138. The number of hydrogen-bond acceptors (Lipinski definition) is 7. The molecular weight excluding hydrogens is 567 g/mol. The number of fused-ring (bicyclic) bond motifs is 4. The van der Waals surface area contributed by atoms with Crippen molar-refractivity contribution < 1.29 is 33.8 Å². The van der Waals surface area contributed by atoms with Crippen LogP contribution < -0.4 is 14.8 Å². The quantitative estimate of drug-likeness (QED) is 0.240. The van der Waals surface area contributed by atoms with E-state index in [9.17, 15) is 24.3 Å². The summed E-state index contributed by atoms with van der Waals surface area (Å²) in [5.41, 5.74) is 0.783. The molecule has 0 radical (unpaired) electrons. The minimum atomic E-state index is -1.99. The molecule has 5 rings (SSSR count). The molecule has 2 N–H and O–H groups in total. The smallest absolute Gasteiger partial charge is 0.254 e. The standard InChI is InChI=1S/C23H21BrCl2N2O7/c1-34-13-5-9(29)6-14(35-2)16(13)17-10-3-4-11-15(19(31)27-18(11)30)12(10)7-22(25)20(32)28(8-24)21(33)23(17,22)26/h3,5-6,11-12,15,17,29H,4,7-8H2,1-2H3,(H,27,30,31)/t11-,12+,15-,17+,22+,23-/m0/s1. The monoisotopic (exact) mass is 586 g/mol. The molecule has 1 saturated carbocycles. The van der Waals surface area contributed by atoms with Gasteiger partial charge < -0.3 is 14.6 Å². The summed E-state index contributed by atoms with van der Waals surface area (Å²) in [7, 11) is 2.77. The molecule has 1 aromatic carbocycles. The fourth-order valence-electron chi connectivity index (χ4n) is 6.19. The van der Waals surface area contributed by atoms with Crippen LogP contribution in [0.5, 0.6) is 17.2 Å². The Labute approximate surface area is 218 Å². The molecule has 0 spiro atoms. The Morgan fingerprint density at radius 1 is 1.09 bits per heavy atom. The number of phenolic OH excluding ortho intramolecular Hbond substituents is 1. The van der Waals surface area contributed by atoms with Crippen LogP contribution in [0.25, 0.3) is 0 Å². The second-order valence-corrected chi connectivity index (χ2v) is 10.8. The third-order valence-electron chi connectivity index (χ3n) is 7.67. The molecule has 2 saturated heterocycles. The molecule has 9 nitrogen and oxygen atoms in total. The highest BCUT2D eigenvalue weighted by Gasteiger charge is 2.76. The first-order valence-corrected chi connectivity index (χ1v) is 12.7. The Balaban J connectivity index is 1.83. The molecular formula is C23H21BrCl2N2O7. The normalized spacial score (nSPS) is 35.8. The highest BCUT2D eigenvalue weighted by molar-refractivity contribution is 9.09. The van der Waals surface area contributed by atoms with Crippen molar-refractivity contribution in [2.75, 3.05) is 19.7 Å². The molecule has 0 aromatic heterocycles. The zero-order valence-electron chi connectivity index (χ0n) is 18.6. The van der Waals surface area contributed by atoms with E-state index in [1.165, 1.54) is 26.4 Å². The maximum Gasteiger partial charge on any atom is 0.254 e. The molecule has 186 valence electrons. The van der Waals surface area contributed by atoms with Crippen molar-refractivity contribution in [3.63, 3.8) is 0 Å². The third-order valence-corrected chi connectivity index (χ3v) is 9.59. The van der Waals surface area contributed by atoms with Gasteiger partial charge in [0.15, 0.2) is 9.75 Å². The number of imide groups is 2. The van der Waals surface area contributed by atoms with Crippen LogP contribution in [0.3, 0.4) is 0 Å². The molecule has 0 bridgehead atoms. The van der Waals surface area contributed by atoms with Gasteiger partial charge in [0.2, 0.25) is 11.8 Å². The van der Waals surface area contributed by atoms with Gasteiger partial charge >= 0.3 is 0 Å². The highest BCUT2D eigenvalue weighted by Crippen LogP contribution is 2.67. The van der Waals surface area contributed by atoms with E-state index in [0.29, 0.717) is 11.1 Å². The molecule has 4 amide bonds. The number of allylic oxidation sites excluding steroid dienone is 2. The van der Waals surface area contributed by atoms with Crippen molar-refractivity contribution in [3.8, 4) is 17.2 Å². The number of phenols is 1. The summed E-state index contributed by atoms with van der Waals surface area (Å²) in [6.07, 6.45) is 1.94. The molecule has 2 heterocycles. The van der Waals surface area contributed by atoms with Gasteiger partial charge in [-0.2, -0.15) is 0 Å². The van der Waals surface area contributed by atoms with Crippen LogP contribution in [0.1, 0.15) is 24.3 Å². The van der Waals surface area contributed by atoms with Gasteiger partial charge in [0.25, 0.3) is 11.8 Å². The number of aromatic hydroxyl groups is 1. The highest BCUT2D eigenvalue weighted by atomic mass is 79.9. The summed E-state index contributed by atoms with van der Waals surface area (Å²) in [6.45, 7) is 0. The van der Waals surface area contributed by atoms with Gasteiger partial charge in [-0.3, -0.25) is 29.4 Å². The number of likely N-dealkylation sites (tertiary alicyclic amines) is 1. The molecule has 3 fully saturated rings. The Hall–Kier alpha value is -2.30. The second-order valence-electron chi connectivity index (χ2n) is 9.10. The third kappa shape index (κ3) is 2.99. The number of nitrogens with zero attached hydrogens (tertiary/aromatic N) is 1. The van der Waals surface area contributed by atoms with Crippen LogP contribution in [-0.4, -0.2) is 63.1 Å². The summed E-state index contributed by atoms with van der Waals surface area (Å²) in [6, 6.07) is 2.69. The van der Waals surface area contributed by atoms with E-state index in [1.807, 2.05) is 0 Å². The van der Waals surface area contributed by atoms with Crippen LogP contribution in [0.15, 0.2) is 23.8 Å². The summed E-state index contributed by atoms with van der Waals surface area (Å²) in [5.74, 6) is -5.12. The number of benzene rings is 1. The van der Waals surface area contributed by atoms with E-state index in [1.54, 1.807) is 6.08 Å². The van der Waals surface area contributed by atoms with Crippen LogP contribution >= 0.6 is 39.1 Å². The summed E-state index contributed by atoms with van der Waals surface area (Å²) >= 11 is 17.4. The van der Waals surface area contributed by atoms with Crippen molar-refractivity contribution >= 4 is 62.8 Å². The number of rotatable bonds is 4. The number of ether oxygens (including phenoxy) is 2. The summed E-state index contributed by atoms with van der Waals surface area (Å²) in [4.78, 5) is 49.6. The fraction of sp³-hybridized carbons (Fsp3) is 0.478. The van der Waals surface area contributed by atoms with Crippen molar-refractivity contribution in [3.05, 3.63) is 29.3 Å². The van der Waals surface area contributed by atoms with Gasteiger partial charge in [-0.25, -0.2) is 0 Å². The predicted molar refractivity (Wildman–Crippen MR) is 128 cm³/mol. The lowest BCUT2D eigenvalue weighted by atomic mass is 9.56. The first-order valence-electron chi connectivity index (χ1n) is 10.8. The summed E-state index contributed by atoms with van der Waals surface area (Å²) in [5, 5.41) is 12.6. The maximum absolute atomic E-state index is 13.7. The van der Waals surface area contributed by atoms with E-state index in [2.05, 4.69) is 21.2 Å². The second kappa shape index (κ2) is 8.11. The van der Waals surface area contributed by atoms with E-state index < -0.39 is 51.1 Å². The number of carbonyl (C=O) groups excluding carboxylic acids is 4. The molecule has 0 unspecified atom stereocenters. The number of alkyl halides is 3. The molecule has 12 heteroatoms. The van der Waals surface area contributed by atoms with Crippen molar-refractivity contribution in [1.29, 1.82) is 0 Å². The summed E-state index contributed by atoms with van der Waals surface area (Å²) < 4.78 is 11.1. The van der Waals surface area contributed by atoms with E-state index >= 15 is 0 Å². The Morgan fingerprint density at radius 2 is 1.71 bits per heavy atom. The zero-order chi connectivity index (χ0) is 25.4. The minimum absolute atomic E-state index is 0.112. The molecule has 35 heavy (non-hydrogen) atoms. The Kier molecular flexibility index (Phi) is 5.65. The average molecular weight is 588 g/mol. The predicted octanol–water partition coefficient (Wildman–Crippen LogP) is 2.41.